The number of ether oxygens (including phenoxy) is 1. The number of halogens is 1. The van der Waals surface area contributed by atoms with Gasteiger partial charge in [0.05, 0.1) is 5.71 Å². The molecule has 29 heavy (non-hydrogen) atoms. The minimum Gasteiger partial charge on any atom is -0.484 e. The molecule has 1 fully saturated rings. The molecule has 0 unspecified atom stereocenters. The van der Waals surface area contributed by atoms with E-state index in [1.54, 1.807) is 43.3 Å². The number of nitrogens with zero attached hydrogens (tertiary/aromatic N) is 2. The molecule has 1 N–H and O–H groups in total. The molecule has 2 amide bonds. The van der Waals surface area contributed by atoms with Crippen molar-refractivity contribution < 1.29 is 14.3 Å². The number of carbonyl (C=O) groups is 2. The third-order valence-electron chi connectivity index (χ3n) is 4.76. The molecular weight excluding hydrogens is 390 g/mol. The van der Waals surface area contributed by atoms with Crippen LogP contribution in [0.1, 0.15) is 42.1 Å². The van der Waals surface area contributed by atoms with Crippen molar-refractivity contribution in [1.82, 2.24) is 10.3 Å². The molecule has 1 aliphatic rings. The van der Waals surface area contributed by atoms with Crippen LogP contribution in [0.3, 0.4) is 0 Å². The van der Waals surface area contributed by atoms with Gasteiger partial charge in [0.1, 0.15) is 5.75 Å². The Balaban J connectivity index is 1.52. The summed E-state index contributed by atoms with van der Waals surface area (Å²) in [6.07, 6.45) is 3.31. The van der Waals surface area contributed by atoms with Gasteiger partial charge in [-0.1, -0.05) is 17.7 Å². The maximum atomic E-state index is 12.2. The number of likely N-dealkylation sites (tertiary alicyclic amines) is 1. The summed E-state index contributed by atoms with van der Waals surface area (Å²) in [7, 11) is 0. The second-order valence-electron chi connectivity index (χ2n) is 6.90. The van der Waals surface area contributed by atoms with Crippen molar-refractivity contribution in [2.75, 3.05) is 19.7 Å². The lowest BCUT2D eigenvalue weighted by Gasteiger charge is -2.26. The fourth-order valence-corrected chi connectivity index (χ4v) is 3.26. The van der Waals surface area contributed by atoms with Crippen LogP contribution in [0.15, 0.2) is 53.6 Å². The Kier molecular flexibility index (Phi) is 7.25. The Morgan fingerprint density at radius 1 is 1.07 bits per heavy atom. The van der Waals surface area contributed by atoms with Gasteiger partial charge in [-0.15, -0.1) is 0 Å². The van der Waals surface area contributed by atoms with Crippen molar-refractivity contribution in [2.45, 2.75) is 26.2 Å². The number of piperidine rings is 1. The summed E-state index contributed by atoms with van der Waals surface area (Å²) >= 11 is 5.90. The number of carbonyl (C=O) groups excluding carboxylic acids is 2. The van der Waals surface area contributed by atoms with Gasteiger partial charge in [0.25, 0.3) is 11.8 Å². The molecule has 2 aromatic carbocycles. The summed E-state index contributed by atoms with van der Waals surface area (Å²) in [5.41, 5.74) is 4.45. The highest BCUT2D eigenvalue weighted by atomic mass is 35.5. The van der Waals surface area contributed by atoms with Crippen molar-refractivity contribution in [3.8, 4) is 5.75 Å². The summed E-state index contributed by atoms with van der Waals surface area (Å²) in [4.78, 5) is 26.2. The number of amides is 2. The zero-order chi connectivity index (χ0) is 20.6. The largest absolute Gasteiger partial charge is 0.484 e. The van der Waals surface area contributed by atoms with E-state index in [-0.39, 0.29) is 18.4 Å². The van der Waals surface area contributed by atoms with Gasteiger partial charge in [-0.05, 0) is 74.2 Å². The summed E-state index contributed by atoms with van der Waals surface area (Å²) in [6.45, 7) is 3.48. The number of rotatable bonds is 6. The molecule has 0 saturated carbocycles. The average molecular weight is 414 g/mol. The molecule has 1 saturated heterocycles. The van der Waals surface area contributed by atoms with Gasteiger partial charge in [0.2, 0.25) is 0 Å². The molecule has 0 aromatic heterocycles. The predicted molar refractivity (Wildman–Crippen MR) is 113 cm³/mol. The van der Waals surface area contributed by atoms with Gasteiger partial charge in [-0.2, -0.15) is 5.10 Å². The van der Waals surface area contributed by atoms with Gasteiger partial charge in [-0.25, -0.2) is 5.43 Å². The van der Waals surface area contributed by atoms with E-state index >= 15 is 0 Å². The fraction of sp³-hybridized carbons (Fsp3) is 0.318. The molecule has 7 heteroatoms. The zero-order valence-electron chi connectivity index (χ0n) is 16.4. The number of nitrogens with one attached hydrogen (secondary N) is 1. The molecule has 3 rings (SSSR count). The third kappa shape index (κ3) is 6.06. The second-order valence-corrected chi connectivity index (χ2v) is 7.34. The maximum absolute atomic E-state index is 12.2. The van der Waals surface area contributed by atoms with Crippen LogP contribution in [0.25, 0.3) is 0 Å². The molecule has 6 nitrogen and oxygen atoms in total. The highest BCUT2D eigenvalue weighted by Crippen LogP contribution is 2.15. The summed E-state index contributed by atoms with van der Waals surface area (Å²) in [5, 5.41) is 4.63. The van der Waals surface area contributed by atoms with Gasteiger partial charge in [-0.3, -0.25) is 9.59 Å². The van der Waals surface area contributed by atoms with Crippen molar-refractivity contribution >= 4 is 29.1 Å². The van der Waals surface area contributed by atoms with Crippen LogP contribution in [0.4, 0.5) is 0 Å². The smallest absolute Gasteiger partial charge is 0.271 e. The van der Waals surface area contributed by atoms with Crippen LogP contribution in [0, 0.1) is 0 Å². The molecule has 0 aliphatic carbocycles. The van der Waals surface area contributed by atoms with E-state index in [0.717, 1.165) is 31.5 Å². The van der Waals surface area contributed by atoms with Crippen molar-refractivity contribution in [3.05, 3.63) is 64.7 Å². The number of hydrazone groups is 1. The Hall–Kier alpha value is -2.86. The van der Waals surface area contributed by atoms with Gasteiger partial charge in [0, 0.05) is 23.7 Å². The first-order valence-electron chi connectivity index (χ1n) is 9.64. The van der Waals surface area contributed by atoms with E-state index in [9.17, 15) is 9.59 Å². The molecular formula is C22H24ClN3O3. The van der Waals surface area contributed by atoms with E-state index < -0.39 is 0 Å². The lowest BCUT2D eigenvalue weighted by atomic mass is 10.1. The Morgan fingerprint density at radius 3 is 2.48 bits per heavy atom. The van der Waals surface area contributed by atoms with E-state index in [0.29, 0.717) is 22.0 Å². The predicted octanol–water partition coefficient (Wildman–Crippen LogP) is 3.89. The molecule has 1 heterocycles. The first-order valence-corrected chi connectivity index (χ1v) is 10.0. The minimum absolute atomic E-state index is 0.0234. The molecule has 1 aliphatic heterocycles. The standard InChI is InChI=1S/C22H24ClN3O3/c1-16(24-25-22(28)18-6-5-7-19(23)14-18)17-8-10-20(11-9-17)29-15-21(27)26-12-3-2-4-13-26/h5-11,14H,2-4,12-13,15H2,1H3,(H,25,28)/b24-16-. The summed E-state index contributed by atoms with van der Waals surface area (Å²) < 4.78 is 5.61. The maximum Gasteiger partial charge on any atom is 0.271 e. The Morgan fingerprint density at radius 2 is 1.79 bits per heavy atom. The second kappa shape index (κ2) is 10.1. The van der Waals surface area contributed by atoms with Crippen LogP contribution in [-0.4, -0.2) is 42.1 Å². The van der Waals surface area contributed by atoms with Crippen LogP contribution >= 0.6 is 11.6 Å². The van der Waals surface area contributed by atoms with Gasteiger partial charge < -0.3 is 9.64 Å². The minimum atomic E-state index is -0.331. The molecule has 2 aromatic rings. The first kappa shape index (κ1) is 20.9. The Labute approximate surface area is 175 Å². The van der Waals surface area contributed by atoms with Crippen molar-refractivity contribution in [2.24, 2.45) is 5.10 Å². The molecule has 0 spiro atoms. The molecule has 152 valence electrons. The monoisotopic (exact) mass is 413 g/mol. The van der Waals surface area contributed by atoms with Crippen LogP contribution in [-0.2, 0) is 4.79 Å². The molecule has 0 atom stereocenters. The normalized spacial score (nSPS) is 14.4. The van der Waals surface area contributed by atoms with Gasteiger partial charge in [0.15, 0.2) is 6.61 Å². The van der Waals surface area contributed by atoms with Crippen LogP contribution in [0.5, 0.6) is 5.75 Å². The summed E-state index contributed by atoms with van der Waals surface area (Å²) in [6, 6.07) is 13.9. The molecule has 0 bridgehead atoms. The van der Waals surface area contributed by atoms with E-state index in [4.69, 9.17) is 16.3 Å². The first-order chi connectivity index (χ1) is 14.0. The fourth-order valence-electron chi connectivity index (χ4n) is 3.07. The quantitative estimate of drug-likeness (QED) is 0.577. The zero-order valence-corrected chi connectivity index (χ0v) is 17.1. The molecule has 0 radical (unpaired) electrons. The number of hydrogen-bond donors (Lipinski definition) is 1. The van der Waals surface area contributed by atoms with Gasteiger partial charge >= 0.3 is 0 Å². The highest BCUT2D eigenvalue weighted by Gasteiger charge is 2.16. The average Bonchev–Trinajstić information content (AvgIpc) is 2.76. The van der Waals surface area contributed by atoms with E-state index in [1.807, 2.05) is 17.0 Å². The highest BCUT2D eigenvalue weighted by molar-refractivity contribution is 6.30. The van der Waals surface area contributed by atoms with Crippen molar-refractivity contribution in [1.29, 1.82) is 0 Å². The Bertz CT molecular complexity index is 890. The third-order valence-corrected chi connectivity index (χ3v) is 4.99. The lowest BCUT2D eigenvalue weighted by Crippen LogP contribution is -2.38. The lowest BCUT2D eigenvalue weighted by molar-refractivity contribution is -0.134. The van der Waals surface area contributed by atoms with E-state index in [2.05, 4.69) is 10.5 Å². The summed E-state index contributed by atoms with van der Waals surface area (Å²) in [5.74, 6) is 0.313. The SMILES string of the molecule is C/C(=N/NC(=O)c1cccc(Cl)c1)c1ccc(OCC(=O)N2CCCCC2)cc1. The van der Waals surface area contributed by atoms with Crippen LogP contribution < -0.4 is 10.2 Å². The van der Waals surface area contributed by atoms with Crippen LogP contribution in [0.2, 0.25) is 5.02 Å². The number of benzene rings is 2. The van der Waals surface area contributed by atoms with Crippen molar-refractivity contribution in [3.63, 3.8) is 0 Å². The number of hydrogen-bond acceptors (Lipinski definition) is 4. The van der Waals surface area contributed by atoms with E-state index in [1.165, 1.54) is 6.42 Å². The topological polar surface area (TPSA) is 71.0 Å².